The van der Waals surface area contributed by atoms with Crippen molar-refractivity contribution in [2.24, 2.45) is 10.7 Å². The smallest absolute Gasteiger partial charge is 0.255 e. The molecule has 8 heteroatoms. The van der Waals surface area contributed by atoms with Crippen LogP contribution in [0.15, 0.2) is 53.5 Å². The predicted octanol–water partition coefficient (Wildman–Crippen LogP) is 2.54. The fourth-order valence-electron chi connectivity index (χ4n) is 3.36. The average molecular weight is 430 g/mol. The van der Waals surface area contributed by atoms with Gasteiger partial charge in [-0.25, -0.2) is 4.99 Å². The Hall–Kier alpha value is -2.93. The van der Waals surface area contributed by atoms with E-state index < -0.39 is 5.91 Å². The zero-order chi connectivity index (χ0) is 21.3. The first kappa shape index (κ1) is 21.8. The number of carbonyl (C=O) groups is 1. The van der Waals surface area contributed by atoms with Gasteiger partial charge in [0, 0.05) is 36.4 Å². The van der Waals surface area contributed by atoms with Crippen molar-refractivity contribution >= 4 is 29.2 Å². The van der Waals surface area contributed by atoms with Crippen LogP contribution >= 0.6 is 11.6 Å². The van der Waals surface area contributed by atoms with Crippen LogP contribution < -0.4 is 26.0 Å². The first-order chi connectivity index (χ1) is 14.5. The largest absolute Gasteiger partial charge is 0.484 e. The van der Waals surface area contributed by atoms with Crippen molar-refractivity contribution in [1.82, 2.24) is 10.6 Å². The van der Waals surface area contributed by atoms with E-state index in [1.165, 1.54) is 0 Å². The van der Waals surface area contributed by atoms with E-state index >= 15 is 0 Å². The number of halogens is 1. The number of benzene rings is 2. The summed E-state index contributed by atoms with van der Waals surface area (Å²) in [5, 5.41) is 7.58. The molecule has 0 saturated carbocycles. The van der Waals surface area contributed by atoms with Gasteiger partial charge in [-0.15, -0.1) is 0 Å². The van der Waals surface area contributed by atoms with Gasteiger partial charge in [-0.05, 0) is 49.2 Å². The van der Waals surface area contributed by atoms with Crippen LogP contribution in [0, 0.1) is 0 Å². The normalized spacial score (nSPS) is 16.4. The summed E-state index contributed by atoms with van der Waals surface area (Å²) in [5.41, 5.74) is 7.26. The minimum Gasteiger partial charge on any atom is -0.484 e. The van der Waals surface area contributed by atoms with Crippen LogP contribution in [-0.4, -0.2) is 44.1 Å². The minimum atomic E-state index is -0.500. The highest BCUT2D eigenvalue weighted by molar-refractivity contribution is 6.30. The van der Waals surface area contributed by atoms with Crippen molar-refractivity contribution in [3.05, 3.63) is 59.1 Å². The number of ether oxygens (including phenoxy) is 1. The number of nitrogens with two attached hydrogens (primary N) is 1. The lowest BCUT2D eigenvalue weighted by Gasteiger charge is -2.20. The lowest BCUT2D eigenvalue weighted by Crippen LogP contribution is -2.44. The van der Waals surface area contributed by atoms with Crippen molar-refractivity contribution in [2.75, 3.05) is 31.1 Å². The molecule has 1 saturated heterocycles. The molecule has 0 aliphatic carbocycles. The second-order valence-corrected chi connectivity index (χ2v) is 7.59. The van der Waals surface area contributed by atoms with E-state index in [9.17, 15) is 4.79 Å². The van der Waals surface area contributed by atoms with Gasteiger partial charge in [-0.3, -0.25) is 4.79 Å². The van der Waals surface area contributed by atoms with E-state index in [4.69, 9.17) is 27.1 Å². The van der Waals surface area contributed by atoms with Crippen LogP contribution in [0.5, 0.6) is 5.75 Å². The fourth-order valence-corrected chi connectivity index (χ4v) is 3.54. The van der Waals surface area contributed by atoms with E-state index in [1.807, 2.05) is 43.3 Å². The fraction of sp³-hybridized carbons (Fsp3) is 0.364. The lowest BCUT2D eigenvalue weighted by molar-refractivity contribution is -0.119. The molecule has 1 atom stereocenters. The van der Waals surface area contributed by atoms with Crippen LogP contribution in [0.4, 0.5) is 5.69 Å². The van der Waals surface area contributed by atoms with Crippen molar-refractivity contribution in [3.8, 4) is 5.75 Å². The third kappa shape index (κ3) is 6.56. The molecule has 1 heterocycles. The van der Waals surface area contributed by atoms with Crippen LogP contribution in [0.25, 0.3) is 0 Å². The predicted molar refractivity (Wildman–Crippen MR) is 121 cm³/mol. The van der Waals surface area contributed by atoms with Crippen molar-refractivity contribution < 1.29 is 9.53 Å². The second-order valence-electron chi connectivity index (χ2n) is 7.15. The molecule has 1 unspecified atom stereocenters. The molecule has 1 aliphatic rings. The van der Waals surface area contributed by atoms with E-state index in [-0.39, 0.29) is 6.61 Å². The molecule has 30 heavy (non-hydrogen) atoms. The zero-order valence-corrected chi connectivity index (χ0v) is 17.9. The van der Waals surface area contributed by atoms with E-state index in [0.29, 0.717) is 18.3 Å². The van der Waals surface area contributed by atoms with Gasteiger partial charge in [-0.1, -0.05) is 29.8 Å². The summed E-state index contributed by atoms with van der Waals surface area (Å²) in [6.45, 7) is 5.04. The summed E-state index contributed by atoms with van der Waals surface area (Å²) in [6, 6.07) is 15.8. The van der Waals surface area contributed by atoms with Crippen molar-refractivity contribution in [2.45, 2.75) is 25.9 Å². The Balaban J connectivity index is 1.58. The summed E-state index contributed by atoms with van der Waals surface area (Å²) in [5.74, 6) is 0.881. The maximum atomic E-state index is 10.9. The van der Waals surface area contributed by atoms with Gasteiger partial charge >= 0.3 is 0 Å². The van der Waals surface area contributed by atoms with Crippen molar-refractivity contribution in [1.29, 1.82) is 0 Å². The third-order valence-electron chi connectivity index (χ3n) is 4.75. The molecule has 0 aromatic heterocycles. The topological polar surface area (TPSA) is 92.0 Å². The Morgan fingerprint density at radius 1 is 1.30 bits per heavy atom. The maximum absolute atomic E-state index is 10.9. The van der Waals surface area contributed by atoms with Crippen LogP contribution in [-0.2, 0) is 11.3 Å². The molecule has 0 radical (unpaired) electrons. The third-order valence-corrected chi connectivity index (χ3v) is 4.98. The van der Waals surface area contributed by atoms with Gasteiger partial charge in [0.1, 0.15) is 5.75 Å². The minimum absolute atomic E-state index is 0.137. The number of hydrogen-bond donors (Lipinski definition) is 3. The number of nitrogens with one attached hydrogen (secondary N) is 2. The number of amides is 1. The number of anilines is 1. The Labute approximate surface area is 182 Å². The average Bonchev–Trinajstić information content (AvgIpc) is 3.20. The molecule has 1 aliphatic heterocycles. The number of hydrogen-bond acceptors (Lipinski definition) is 4. The zero-order valence-electron chi connectivity index (χ0n) is 17.1. The first-order valence-electron chi connectivity index (χ1n) is 10.1. The van der Waals surface area contributed by atoms with Gasteiger partial charge in [0.15, 0.2) is 12.6 Å². The lowest BCUT2D eigenvalue weighted by atomic mass is 10.2. The second kappa shape index (κ2) is 10.7. The summed E-state index contributed by atoms with van der Waals surface area (Å²) in [6.07, 6.45) is 1.02. The van der Waals surface area contributed by atoms with Crippen LogP contribution in [0.2, 0.25) is 5.02 Å². The highest BCUT2D eigenvalue weighted by Gasteiger charge is 2.23. The number of aliphatic imine (C=N–C) groups is 1. The monoisotopic (exact) mass is 429 g/mol. The highest BCUT2D eigenvalue weighted by Crippen LogP contribution is 2.23. The van der Waals surface area contributed by atoms with Gasteiger partial charge in [0.2, 0.25) is 0 Å². The molecule has 0 bridgehead atoms. The van der Waals surface area contributed by atoms with Gasteiger partial charge in [0.25, 0.3) is 5.91 Å². The molecule has 3 rings (SSSR count). The Kier molecular flexibility index (Phi) is 7.79. The summed E-state index contributed by atoms with van der Waals surface area (Å²) < 4.78 is 5.36. The summed E-state index contributed by atoms with van der Waals surface area (Å²) in [7, 11) is 0. The number of nitrogens with zero attached hydrogens (tertiary/aromatic N) is 2. The molecule has 2 aromatic carbocycles. The molecule has 0 spiro atoms. The number of primary amides is 1. The van der Waals surface area contributed by atoms with E-state index in [0.717, 1.165) is 48.3 Å². The number of carbonyl (C=O) groups excluding carboxylic acids is 1. The quantitative estimate of drug-likeness (QED) is 0.443. The molecule has 2 aromatic rings. The maximum Gasteiger partial charge on any atom is 0.255 e. The summed E-state index contributed by atoms with van der Waals surface area (Å²) in [4.78, 5) is 17.9. The molecule has 4 N–H and O–H groups in total. The van der Waals surface area contributed by atoms with Gasteiger partial charge in [0.05, 0.1) is 6.54 Å². The Bertz CT molecular complexity index is 889. The molecule has 1 fully saturated rings. The molecular formula is C22H28ClN5O2. The highest BCUT2D eigenvalue weighted by atomic mass is 35.5. The van der Waals surface area contributed by atoms with Gasteiger partial charge < -0.3 is 26.0 Å². The molecule has 7 nitrogen and oxygen atoms in total. The molecular weight excluding hydrogens is 402 g/mol. The van der Waals surface area contributed by atoms with Crippen LogP contribution in [0.1, 0.15) is 18.9 Å². The van der Waals surface area contributed by atoms with E-state index in [1.54, 1.807) is 6.07 Å². The molecule has 160 valence electrons. The summed E-state index contributed by atoms with van der Waals surface area (Å²) >= 11 is 6.13. The number of rotatable bonds is 8. The van der Waals surface area contributed by atoms with Gasteiger partial charge in [-0.2, -0.15) is 0 Å². The standard InChI is InChI=1S/C22H28ClN5O2/c1-2-25-22(26-13-16-5-3-8-20(11-16)30-15-21(24)29)27-18-9-10-28(14-18)19-7-4-6-17(23)12-19/h3-8,11-12,18H,2,9-10,13-15H2,1H3,(H2,24,29)(H2,25,26,27). The number of guanidine groups is 1. The van der Waals surface area contributed by atoms with E-state index in [2.05, 4.69) is 21.6 Å². The van der Waals surface area contributed by atoms with Crippen LogP contribution in [0.3, 0.4) is 0 Å². The Morgan fingerprint density at radius 2 is 2.13 bits per heavy atom. The molecule has 1 amide bonds. The Morgan fingerprint density at radius 3 is 2.90 bits per heavy atom. The first-order valence-corrected chi connectivity index (χ1v) is 10.5. The SMILES string of the molecule is CCNC(=NCc1cccc(OCC(N)=O)c1)NC1CCN(c2cccc(Cl)c2)C1. The van der Waals surface area contributed by atoms with Crippen molar-refractivity contribution in [3.63, 3.8) is 0 Å².